The molecule has 0 saturated heterocycles. The van der Waals surface area contributed by atoms with E-state index in [-0.39, 0.29) is 6.61 Å². The van der Waals surface area contributed by atoms with E-state index in [9.17, 15) is 5.11 Å². The van der Waals surface area contributed by atoms with Crippen LogP contribution in [0.2, 0.25) is 0 Å². The lowest BCUT2D eigenvalue weighted by Crippen LogP contribution is -2.23. The molecule has 0 amide bonds. The van der Waals surface area contributed by atoms with Gasteiger partial charge in [-0.3, -0.25) is 4.68 Å². The average molecular weight is 233 g/mol. The summed E-state index contributed by atoms with van der Waals surface area (Å²) in [5, 5.41) is 21.9. The zero-order valence-corrected chi connectivity index (χ0v) is 9.74. The molecule has 1 N–H and O–H groups in total. The molecule has 0 aliphatic carbocycles. The van der Waals surface area contributed by atoms with Gasteiger partial charge in [-0.25, -0.2) is 0 Å². The highest BCUT2D eigenvalue weighted by atomic mass is 16.3. The smallest absolute Gasteiger partial charge is 0.182 e. The van der Waals surface area contributed by atoms with E-state index in [1.54, 1.807) is 10.9 Å². The number of nitrogens with zero attached hydrogens (tertiary/aromatic N) is 5. The van der Waals surface area contributed by atoms with Crippen molar-refractivity contribution in [2.75, 3.05) is 6.61 Å². The Kier molecular flexibility index (Phi) is 2.44. The molecule has 0 radical (unpaired) electrons. The third kappa shape index (κ3) is 1.64. The van der Waals surface area contributed by atoms with Crippen LogP contribution < -0.4 is 0 Å². The molecular formula is C11H15N5O. The monoisotopic (exact) mass is 233 g/mol. The van der Waals surface area contributed by atoms with E-state index in [1.807, 2.05) is 13.1 Å². The number of hydrogen-bond acceptors (Lipinski definition) is 4. The van der Waals surface area contributed by atoms with E-state index in [0.29, 0.717) is 5.92 Å². The summed E-state index contributed by atoms with van der Waals surface area (Å²) >= 11 is 0. The van der Waals surface area contributed by atoms with Crippen molar-refractivity contribution in [1.29, 1.82) is 0 Å². The van der Waals surface area contributed by atoms with E-state index >= 15 is 0 Å². The highest BCUT2D eigenvalue weighted by Crippen LogP contribution is 2.24. The second-order valence-corrected chi connectivity index (χ2v) is 4.48. The van der Waals surface area contributed by atoms with Crippen LogP contribution in [-0.2, 0) is 20.0 Å². The maximum absolute atomic E-state index is 9.26. The zero-order valence-electron chi connectivity index (χ0n) is 9.74. The topological polar surface area (TPSA) is 68.8 Å². The molecule has 6 heteroatoms. The summed E-state index contributed by atoms with van der Waals surface area (Å²) in [5.74, 6) is 2.16. The first-order chi connectivity index (χ1) is 8.29. The third-order valence-electron chi connectivity index (χ3n) is 3.35. The van der Waals surface area contributed by atoms with Crippen molar-refractivity contribution >= 4 is 0 Å². The predicted octanol–water partition coefficient (Wildman–Crippen LogP) is 0.233. The summed E-state index contributed by atoms with van der Waals surface area (Å²) in [6.45, 7) is 1.02. The summed E-state index contributed by atoms with van der Waals surface area (Å²) in [4.78, 5) is 0. The maximum Gasteiger partial charge on any atom is 0.182 e. The van der Waals surface area contributed by atoms with Gasteiger partial charge in [0.25, 0.3) is 0 Å². The quantitative estimate of drug-likeness (QED) is 0.806. The molecule has 3 rings (SSSR count). The highest BCUT2D eigenvalue weighted by Gasteiger charge is 2.23. The molecule has 1 aliphatic rings. The van der Waals surface area contributed by atoms with E-state index < -0.39 is 0 Å². The van der Waals surface area contributed by atoms with Crippen LogP contribution in [0.3, 0.4) is 0 Å². The molecule has 90 valence electrons. The van der Waals surface area contributed by atoms with Crippen LogP contribution in [0, 0.1) is 5.92 Å². The average Bonchev–Trinajstić information content (AvgIpc) is 2.94. The number of aliphatic hydroxyl groups excluding tert-OH is 1. The summed E-state index contributed by atoms with van der Waals surface area (Å²) in [6, 6.07) is 1.93. The molecule has 0 saturated carbocycles. The third-order valence-corrected chi connectivity index (χ3v) is 3.35. The van der Waals surface area contributed by atoms with Crippen molar-refractivity contribution in [3.8, 4) is 11.5 Å². The van der Waals surface area contributed by atoms with Gasteiger partial charge in [-0.15, -0.1) is 10.2 Å². The van der Waals surface area contributed by atoms with E-state index in [1.165, 1.54) is 0 Å². The molecule has 1 aliphatic heterocycles. The Labute approximate surface area is 98.9 Å². The fourth-order valence-corrected chi connectivity index (χ4v) is 2.33. The Bertz CT molecular complexity index is 530. The van der Waals surface area contributed by atoms with Crippen molar-refractivity contribution in [3.63, 3.8) is 0 Å². The molecule has 0 bridgehead atoms. The Hall–Kier alpha value is -1.69. The fourth-order valence-electron chi connectivity index (χ4n) is 2.33. The zero-order chi connectivity index (χ0) is 11.8. The summed E-state index contributed by atoms with van der Waals surface area (Å²) in [6.07, 6.45) is 3.62. The Morgan fingerprint density at radius 2 is 2.35 bits per heavy atom. The van der Waals surface area contributed by atoms with E-state index in [4.69, 9.17) is 0 Å². The van der Waals surface area contributed by atoms with E-state index in [2.05, 4.69) is 19.9 Å². The van der Waals surface area contributed by atoms with Gasteiger partial charge in [-0.2, -0.15) is 5.10 Å². The van der Waals surface area contributed by atoms with Gasteiger partial charge in [0.15, 0.2) is 5.82 Å². The summed E-state index contributed by atoms with van der Waals surface area (Å²) < 4.78 is 3.89. The summed E-state index contributed by atoms with van der Waals surface area (Å²) in [5.41, 5.74) is 0.960. The number of aryl methyl sites for hydroxylation is 2. The maximum atomic E-state index is 9.26. The second kappa shape index (κ2) is 3.96. The highest BCUT2D eigenvalue weighted by molar-refractivity contribution is 5.49. The van der Waals surface area contributed by atoms with Crippen LogP contribution in [0.15, 0.2) is 12.3 Å². The van der Waals surface area contributed by atoms with Gasteiger partial charge in [0.1, 0.15) is 11.5 Å². The minimum Gasteiger partial charge on any atom is -0.396 e. The van der Waals surface area contributed by atoms with Gasteiger partial charge in [0.2, 0.25) is 0 Å². The molecule has 1 atom stereocenters. The fraction of sp³-hybridized carbons (Fsp3) is 0.545. The van der Waals surface area contributed by atoms with Gasteiger partial charge in [-0.1, -0.05) is 0 Å². The molecule has 3 heterocycles. The van der Waals surface area contributed by atoms with E-state index in [0.717, 1.165) is 36.7 Å². The van der Waals surface area contributed by atoms with Crippen molar-refractivity contribution < 1.29 is 5.11 Å². The van der Waals surface area contributed by atoms with Crippen molar-refractivity contribution in [2.24, 2.45) is 13.0 Å². The lowest BCUT2D eigenvalue weighted by molar-refractivity contribution is 0.191. The van der Waals surface area contributed by atoms with Gasteiger partial charge >= 0.3 is 0 Å². The van der Waals surface area contributed by atoms with Crippen LogP contribution in [0.4, 0.5) is 0 Å². The van der Waals surface area contributed by atoms with Crippen LogP contribution in [-0.4, -0.2) is 36.3 Å². The Morgan fingerprint density at radius 3 is 3.06 bits per heavy atom. The minimum absolute atomic E-state index is 0.225. The molecule has 6 nitrogen and oxygen atoms in total. The summed E-state index contributed by atoms with van der Waals surface area (Å²) in [7, 11) is 1.89. The number of aromatic nitrogens is 5. The van der Waals surface area contributed by atoms with Crippen molar-refractivity contribution in [3.05, 3.63) is 18.1 Å². The van der Waals surface area contributed by atoms with Crippen LogP contribution in [0.5, 0.6) is 0 Å². The Morgan fingerprint density at radius 1 is 1.47 bits per heavy atom. The van der Waals surface area contributed by atoms with Crippen molar-refractivity contribution in [1.82, 2.24) is 24.5 Å². The number of hydrogen-bond donors (Lipinski definition) is 1. The minimum atomic E-state index is 0.225. The standard InChI is InChI=1S/C11H15N5O/c1-15-9(4-5-12-15)11-14-13-10-3-2-8(7-17)6-16(10)11/h4-5,8,17H,2-3,6-7H2,1H3. The molecule has 0 aromatic carbocycles. The number of fused-ring (bicyclic) bond motifs is 1. The number of rotatable bonds is 2. The Balaban J connectivity index is 2.03. The van der Waals surface area contributed by atoms with Crippen LogP contribution >= 0.6 is 0 Å². The molecular weight excluding hydrogens is 218 g/mol. The molecule has 2 aromatic heterocycles. The first-order valence-electron chi connectivity index (χ1n) is 5.81. The molecule has 0 fully saturated rings. The number of aliphatic hydroxyl groups is 1. The molecule has 17 heavy (non-hydrogen) atoms. The molecule has 2 aromatic rings. The second-order valence-electron chi connectivity index (χ2n) is 4.48. The predicted molar refractivity (Wildman–Crippen MR) is 61.1 cm³/mol. The first kappa shape index (κ1) is 10.5. The van der Waals surface area contributed by atoms with Crippen LogP contribution in [0.1, 0.15) is 12.2 Å². The SMILES string of the molecule is Cn1nccc1-c1nnc2n1CC(CO)CC2. The van der Waals surface area contributed by atoms with Crippen molar-refractivity contribution in [2.45, 2.75) is 19.4 Å². The van der Waals surface area contributed by atoms with Gasteiger partial charge in [0, 0.05) is 38.7 Å². The molecule has 0 spiro atoms. The normalized spacial score (nSPS) is 19.3. The largest absolute Gasteiger partial charge is 0.396 e. The lowest BCUT2D eigenvalue weighted by Gasteiger charge is -2.22. The molecule has 1 unspecified atom stereocenters. The lowest BCUT2D eigenvalue weighted by atomic mass is 10.0. The van der Waals surface area contributed by atoms with Crippen LogP contribution in [0.25, 0.3) is 11.5 Å². The van der Waals surface area contributed by atoms with Gasteiger partial charge in [0.05, 0.1) is 0 Å². The first-order valence-corrected chi connectivity index (χ1v) is 5.81. The van der Waals surface area contributed by atoms with Gasteiger partial charge < -0.3 is 9.67 Å². The van der Waals surface area contributed by atoms with Gasteiger partial charge in [-0.05, 0) is 12.5 Å².